The van der Waals surface area contributed by atoms with Gasteiger partial charge in [0.15, 0.2) is 5.65 Å². The lowest BCUT2D eigenvalue weighted by molar-refractivity contribution is 0.0938. The van der Waals surface area contributed by atoms with Crippen LogP contribution in [0.2, 0.25) is 0 Å². The first-order valence-electron chi connectivity index (χ1n) is 12.8. The molecule has 2 aromatic heterocycles. The molecular weight excluding hydrogens is 467 g/mol. The van der Waals surface area contributed by atoms with Gasteiger partial charge in [0, 0.05) is 23.4 Å². The Balaban J connectivity index is 1.38. The number of aromatic nitrogens is 3. The number of carbonyl (C=O) groups excluding carboxylic acids is 1. The zero-order valence-electron chi connectivity index (χ0n) is 20.7. The van der Waals surface area contributed by atoms with Gasteiger partial charge in [-0.3, -0.25) is 4.79 Å². The van der Waals surface area contributed by atoms with E-state index >= 15 is 0 Å². The predicted molar refractivity (Wildman–Crippen MR) is 131 cm³/mol. The molecular formula is C27H32F3N5O. The van der Waals surface area contributed by atoms with Gasteiger partial charge < -0.3 is 10.2 Å². The van der Waals surface area contributed by atoms with E-state index in [0.29, 0.717) is 17.4 Å². The molecule has 192 valence electrons. The SMILES string of the molecule is Cc1nc2c(C3CCC(N4CCCC4)CC3)cc(C(=O)N[C@H](C)c3cccc(C(F)F)c3F)cn2n1. The number of amides is 1. The van der Waals surface area contributed by atoms with Crippen LogP contribution in [0.3, 0.4) is 0 Å². The molecule has 3 heterocycles. The second kappa shape index (κ2) is 10.2. The first-order valence-corrected chi connectivity index (χ1v) is 12.8. The fourth-order valence-electron chi connectivity index (χ4n) is 5.83. The summed E-state index contributed by atoms with van der Waals surface area (Å²) in [5.41, 5.74) is 1.51. The van der Waals surface area contributed by atoms with Crippen LogP contribution >= 0.6 is 0 Å². The molecule has 2 aliphatic rings. The maximum atomic E-state index is 14.6. The first kappa shape index (κ1) is 24.7. The largest absolute Gasteiger partial charge is 0.345 e. The lowest BCUT2D eigenvalue weighted by Gasteiger charge is -2.34. The van der Waals surface area contributed by atoms with Crippen molar-refractivity contribution in [3.63, 3.8) is 0 Å². The highest BCUT2D eigenvalue weighted by Crippen LogP contribution is 2.37. The lowest BCUT2D eigenvalue weighted by atomic mass is 9.81. The van der Waals surface area contributed by atoms with E-state index in [0.717, 1.165) is 43.0 Å². The molecule has 6 nitrogen and oxygen atoms in total. The van der Waals surface area contributed by atoms with E-state index in [-0.39, 0.29) is 11.5 Å². The number of fused-ring (bicyclic) bond motifs is 1. The van der Waals surface area contributed by atoms with Crippen LogP contribution in [0.4, 0.5) is 13.2 Å². The number of likely N-dealkylation sites (tertiary alicyclic amines) is 1. The van der Waals surface area contributed by atoms with Crippen LogP contribution in [0, 0.1) is 12.7 Å². The Morgan fingerprint density at radius 2 is 1.81 bits per heavy atom. The summed E-state index contributed by atoms with van der Waals surface area (Å²) in [5.74, 6) is -0.497. The molecule has 9 heteroatoms. The Morgan fingerprint density at radius 3 is 2.50 bits per heavy atom. The molecule has 5 rings (SSSR count). The molecule has 1 aromatic carbocycles. The number of nitrogens with zero attached hydrogens (tertiary/aromatic N) is 4. The molecule has 0 unspecified atom stereocenters. The number of pyridine rings is 1. The van der Waals surface area contributed by atoms with E-state index in [1.54, 1.807) is 17.6 Å². The van der Waals surface area contributed by atoms with E-state index in [1.165, 1.54) is 38.1 Å². The molecule has 36 heavy (non-hydrogen) atoms. The highest BCUT2D eigenvalue weighted by atomic mass is 19.3. The summed E-state index contributed by atoms with van der Waals surface area (Å²) in [4.78, 5) is 20.5. The van der Waals surface area contributed by atoms with Crippen molar-refractivity contribution in [3.8, 4) is 0 Å². The molecule has 1 atom stereocenters. The zero-order valence-corrected chi connectivity index (χ0v) is 20.7. The molecule has 1 saturated carbocycles. The van der Waals surface area contributed by atoms with Crippen LogP contribution in [0.1, 0.15) is 96.7 Å². The number of aryl methyl sites for hydroxylation is 1. The van der Waals surface area contributed by atoms with Gasteiger partial charge in [0.1, 0.15) is 11.6 Å². The summed E-state index contributed by atoms with van der Waals surface area (Å²) in [7, 11) is 0. The van der Waals surface area contributed by atoms with Gasteiger partial charge in [-0.15, -0.1) is 0 Å². The van der Waals surface area contributed by atoms with Gasteiger partial charge >= 0.3 is 0 Å². The van der Waals surface area contributed by atoms with Gasteiger partial charge in [0.25, 0.3) is 12.3 Å². The van der Waals surface area contributed by atoms with Crippen LogP contribution in [0.15, 0.2) is 30.5 Å². The smallest absolute Gasteiger partial charge is 0.266 e. The number of carbonyl (C=O) groups is 1. The zero-order chi connectivity index (χ0) is 25.4. The Bertz CT molecular complexity index is 1250. The lowest BCUT2D eigenvalue weighted by Crippen LogP contribution is -2.35. The van der Waals surface area contributed by atoms with Crippen LogP contribution in [0.5, 0.6) is 0 Å². The molecule has 1 saturated heterocycles. The average molecular weight is 500 g/mol. The predicted octanol–water partition coefficient (Wildman–Crippen LogP) is 5.73. The summed E-state index contributed by atoms with van der Waals surface area (Å²) < 4.78 is 42.6. The van der Waals surface area contributed by atoms with Gasteiger partial charge in [-0.05, 0) is 77.4 Å². The third-order valence-electron chi connectivity index (χ3n) is 7.73. The molecule has 1 amide bonds. The monoisotopic (exact) mass is 499 g/mol. The minimum Gasteiger partial charge on any atom is -0.345 e. The second-order valence-electron chi connectivity index (χ2n) is 10.1. The van der Waals surface area contributed by atoms with Crippen molar-refractivity contribution in [1.82, 2.24) is 24.8 Å². The maximum absolute atomic E-state index is 14.6. The normalized spacial score (nSPS) is 21.8. The van der Waals surface area contributed by atoms with E-state index in [9.17, 15) is 18.0 Å². The third kappa shape index (κ3) is 4.85. The number of nitrogens with one attached hydrogen (secondary N) is 1. The number of hydrogen-bond donors (Lipinski definition) is 1. The van der Waals surface area contributed by atoms with Crippen molar-refractivity contribution in [1.29, 1.82) is 0 Å². The summed E-state index contributed by atoms with van der Waals surface area (Å²) in [6.45, 7) is 5.79. The second-order valence-corrected chi connectivity index (χ2v) is 10.1. The Morgan fingerprint density at radius 1 is 1.11 bits per heavy atom. The molecule has 1 N–H and O–H groups in total. The quantitative estimate of drug-likeness (QED) is 0.471. The van der Waals surface area contributed by atoms with Crippen LogP contribution in [-0.4, -0.2) is 44.5 Å². The third-order valence-corrected chi connectivity index (χ3v) is 7.73. The van der Waals surface area contributed by atoms with Gasteiger partial charge in [-0.1, -0.05) is 18.2 Å². The van der Waals surface area contributed by atoms with Crippen molar-refractivity contribution < 1.29 is 18.0 Å². The van der Waals surface area contributed by atoms with E-state index in [2.05, 4.69) is 20.3 Å². The Kier molecular flexibility index (Phi) is 7.01. The van der Waals surface area contributed by atoms with Gasteiger partial charge in [0.05, 0.1) is 17.2 Å². The summed E-state index contributed by atoms with van der Waals surface area (Å²) in [5, 5.41) is 7.22. The van der Waals surface area contributed by atoms with Gasteiger partial charge in [-0.2, -0.15) is 5.10 Å². The molecule has 2 fully saturated rings. The minimum absolute atomic E-state index is 0.0271. The number of rotatable bonds is 6. The number of alkyl halides is 2. The molecule has 1 aliphatic heterocycles. The summed E-state index contributed by atoms with van der Waals surface area (Å²) in [6, 6.07) is 5.57. The maximum Gasteiger partial charge on any atom is 0.266 e. The van der Waals surface area contributed by atoms with E-state index < -0.39 is 29.8 Å². The minimum atomic E-state index is -2.92. The molecule has 0 bridgehead atoms. The molecule has 0 spiro atoms. The first-order chi connectivity index (χ1) is 17.3. The standard InChI is InChI=1S/C27H32F3N5O/c1-16(21-6-5-7-22(24(21)28)25(29)30)31-27(36)19-14-23(26-32-17(2)33-35(26)15-19)18-8-10-20(11-9-18)34-12-3-4-13-34/h5-7,14-16,18,20,25H,3-4,8-13H2,1-2H3,(H,31,36)/t16-,18?,20?/m1/s1. The summed E-state index contributed by atoms with van der Waals surface area (Å²) in [6.07, 6.45) is 5.56. The van der Waals surface area contributed by atoms with Crippen LogP contribution < -0.4 is 5.32 Å². The molecule has 1 aliphatic carbocycles. The highest BCUT2D eigenvalue weighted by Gasteiger charge is 2.30. The van der Waals surface area contributed by atoms with E-state index in [4.69, 9.17) is 0 Å². The summed E-state index contributed by atoms with van der Waals surface area (Å²) >= 11 is 0. The van der Waals surface area contributed by atoms with Crippen LogP contribution in [0.25, 0.3) is 5.65 Å². The van der Waals surface area contributed by atoms with Crippen molar-refractivity contribution >= 4 is 11.6 Å². The van der Waals surface area contributed by atoms with E-state index in [1.807, 2.05) is 13.0 Å². The topological polar surface area (TPSA) is 62.5 Å². The van der Waals surface area contributed by atoms with Gasteiger partial charge in [0.2, 0.25) is 0 Å². The van der Waals surface area contributed by atoms with Crippen molar-refractivity contribution in [3.05, 3.63) is 64.4 Å². The highest BCUT2D eigenvalue weighted by molar-refractivity contribution is 5.94. The Labute approximate surface area is 208 Å². The molecule has 0 radical (unpaired) electrons. The number of hydrogen-bond acceptors (Lipinski definition) is 4. The number of benzene rings is 1. The van der Waals surface area contributed by atoms with Crippen molar-refractivity contribution in [2.45, 2.75) is 76.8 Å². The number of halogens is 3. The van der Waals surface area contributed by atoms with Crippen LogP contribution in [-0.2, 0) is 0 Å². The van der Waals surface area contributed by atoms with Crippen molar-refractivity contribution in [2.75, 3.05) is 13.1 Å². The fraction of sp³-hybridized carbons (Fsp3) is 0.519. The van der Waals surface area contributed by atoms with Crippen molar-refractivity contribution in [2.24, 2.45) is 0 Å². The average Bonchev–Trinajstić information content (AvgIpc) is 3.52. The fourth-order valence-corrected chi connectivity index (χ4v) is 5.83. The Hall–Kier alpha value is -2.94. The molecule has 3 aromatic rings. The van der Waals surface area contributed by atoms with Gasteiger partial charge in [-0.25, -0.2) is 22.7 Å².